The molecular formula is C18H25N3OS. The van der Waals surface area contributed by atoms with Crippen molar-refractivity contribution in [2.24, 2.45) is 10.2 Å². The van der Waals surface area contributed by atoms with Crippen LogP contribution in [0, 0.1) is 0 Å². The molecule has 1 unspecified atom stereocenters. The van der Waals surface area contributed by atoms with Crippen LogP contribution in [0.15, 0.2) is 51.9 Å². The molecule has 1 aliphatic heterocycles. The van der Waals surface area contributed by atoms with Crippen LogP contribution in [-0.2, 0) is 4.74 Å². The molecule has 0 spiro atoms. The second-order valence-electron chi connectivity index (χ2n) is 5.70. The summed E-state index contributed by atoms with van der Waals surface area (Å²) < 4.78 is 6.13. The molecule has 0 saturated heterocycles. The van der Waals surface area contributed by atoms with Crippen molar-refractivity contribution >= 4 is 23.1 Å². The number of thioether (sulfide) groups is 1. The first kappa shape index (κ1) is 17.6. The first-order chi connectivity index (χ1) is 11.0. The number of nitrogens with zero attached hydrogens (tertiary/aromatic N) is 2. The average molecular weight is 331 g/mol. The predicted molar refractivity (Wildman–Crippen MR) is 99.2 cm³/mol. The predicted octanol–water partition coefficient (Wildman–Crippen LogP) is 6.01. The van der Waals surface area contributed by atoms with Crippen LogP contribution in [0.2, 0.25) is 0 Å². The number of rotatable bonds is 6. The van der Waals surface area contributed by atoms with Gasteiger partial charge >= 0.3 is 0 Å². The number of benzene rings is 1. The van der Waals surface area contributed by atoms with Crippen molar-refractivity contribution in [3.63, 3.8) is 0 Å². The van der Waals surface area contributed by atoms with Crippen molar-refractivity contribution in [1.29, 1.82) is 0 Å². The molecule has 0 amide bonds. The number of fused-ring (bicyclic) bond motifs is 1. The summed E-state index contributed by atoms with van der Waals surface area (Å²) in [7, 11) is 0. The van der Waals surface area contributed by atoms with Gasteiger partial charge in [-0.25, -0.2) is 0 Å². The molecule has 0 aromatic heterocycles. The van der Waals surface area contributed by atoms with Crippen LogP contribution in [-0.4, -0.2) is 11.5 Å². The van der Waals surface area contributed by atoms with E-state index < -0.39 is 5.72 Å². The van der Waals surface area contributed by atoms with Crippen LogP contribution in [0.25, 0.3) is 5.70 Å². The summed E-state index contributed by atoms with van der Waals surface area (Å²) in [5.41, 5.74) is 2.31. The van der Waals surface area contributed by atoms with E-state index in [1.165, 1.54) is 0 Å². The number of nitrogens with one attached hydrogen (secondary N) is 1. The number of hydrogen-bond acceptors (Lipinski definition) is 5. The summed E-state index contributed by atoms with van der Waals surface area (Å²) in [6.45, 7) is 12.2. The highest BCUT2D eigenvalue weighted by Gasteiger charge is 2.30. The van der Waals surface area contributed by atoms with E-state index in [1.807, 2.05) is 38.1 Å². The fourth-order valence-electron chi connectivity index (χ4n) is 2.32. The molecule has 0 bridgehead atoms. The van der Waals surface area contributed by atoms with E-state index in [2.05, 4.69) is 36.0 Å². The number of allylic oxidation sites excluding steroid dienone is 1. The van der Waals surface area contributed by atoms with Gasteiger partial charge in [0, 0.05) is 17.7 Å². The molecular weight excluding hydrogens is 306 g/mol. The summed E-state index contributed by atoms with van der Waals surface area (Å²) in [6, 6.07) is 8.08. The largest absolute Gasteiger partial charge is 0.471 e. The zero-order valence-electron chi connectivity index (χ0n) is 14.3. The second-order valence-corrected chi connectivity index (χ2v) is 6.87. The summed E-state index contributed by atoms with van der Waals surface area (Å²) in [5, 5.41) is 12.9. The van der Waals surface area contributed by atoms with Crippen LogP contribution < -0.4 is 5.32 Å². The molecule has 23 heavy (non-hydrogen) atoms. The van der Waals surface area contributed by atoms with E-state index in [9.17, 15) is 0 Å². The van der Waals surface area contributed by atoms with Gasteiger partial charge in [-0.05, 0) is 32.1 Å². The monoisotopic (exact) mass is 331 g/mol. The maximum atomic E-state index is 6.13. The van der Waals surface area contributed by atoms with Crippen molar-refractivity contribution in [1.82, 2.24) is 0 Å². The van der Waals surface area contributed by atoms with Crippen molar-refractivity contribution in [3.8, 4) is 0 Å². The quantitative estimate of drug-likeness (QED) is 0.649. The van der Waals surface area contributed by atoms with Crippen LogP contribution in [0.1, 0.15) is 46.1 Å². The zero-order chi connectivity index (χ0) is 16.9. The number of para-hydroxylation sites is 1. The number of anilines is 1. The van der Waals surface area contributed by atoms with Crippen LogP contribution in [0.4, 0.5) is 5.69 Å². The number of hydrogen-bond donors (Lipinski definition) is 1. The molecule has 124 valence electrons. The fourth-order valence-corrected chi connectivity index (χ4v) is 2.86. The molecule has 1 heterocycles. The van der Waals surface area contributed by atoms with E-state index >= 15 is 0 Å². The molecule has 0 aliphatic carbocycles. The standard InChI is InChI=1S/C18H25N3OS/c1-6-12-23-14(4)20-21-17-13(3)22-18(5,7-2)19-16-11-9-8-10-15(16)17/h8-11,19H,4,6-7,12H2,1-3,5H3. The Hall–Kier alpha value is -1.75. The normalized spacial score (nSPS) is 20.7. The van der Waals surface area contributed by atoms with E-state index in [-0.39, 0.29) is 0 Å². The minimum Gasteiger partial charge on any atom is -0.471 e. The van der Waals surface area contributed by atoms with E-state index in [0.29, 0.717) is 0 Å². The number of azo groups is 1. The highest BCUT2D eigenvalue weighted by Crippen LogP contribution is 2.37. The maximum absolute atomic E-state index is 6.13. The van der Waals surface area contributed by atoms with Gasteiger partial charge in [0.2, 0.25) is 0 Å². The topological polar surface area (TPSA) is 46.0 Å². The van der Waals surface area contributed by atoms with Gasteiger partial charge in [-0.3, -0.25) is 0 Å². The minimum atomic E-state index is -0.453. The lowest BCUT2D eigenvalue weighted by Crippen LogP contribution is -2.36. The third kappa shape index (κ3) is 4.38. The maximum Gasteiger partial charge on any atom is 0.177 e. The molecule has 2 rings (SSSR count). The van der Waals surface area contributed by atoms with Gasteiger partial charge in [-0.2, -0.15) is 0 Å². The Morgan fingerprint density at radius 1 is 1.35 bits per heavy atom. The summed E-state index contributed by atoms with van der Waals surface area (Å²) >= 11 is 1.62. The van der Waals surface area contributed by atoms with E-state index in [4.69, 9.17) is 4.74 Å². The Morgan fingerprint density at radius 3 is 2.78 bits per heavy atom. The lowest BCUT2D eigenvalue weighted by Gasteiger charge is -2.30. The molecule has 1 N–H and O–H groups in total. The Kier molecular flexibility index (Phi) is 5.88. The summed E-state index contributed by atoms with van der Waals surface area (Å²) in [4.78, 5) is 0. The molecule has 1 atom stereocenters. The van der Waals surface area contributed by atoms with Gasteiger partial charge in [-0.15, -0.1) is 22.0 Å². The van der Waals surface area contributed by atoms with Crippen LogP contribution in [0.5, 0.6) is 0 Å². The van der Waals surface area contributed by atoms with Crippen LogP contribution >= 0.6 is 11.8 Å². The Balaban J connectivity index is 2.37. The van der Waals surface area contributed by atoms with Crippen molar-refractivity contribution in [2.45, 2.75) is 46.3 Å². The smallest absolute Gasteiger partial charge is 0.177 e. The SMILES string of the molecule is C=C(N=NC1=C(C)OC(C)(CC)Nc2ccccc21)SCCC. The molecule has 1 aromatic carbocycles. The molecule has 0 radical (unpaired) electrons. The Morgan fingerprint density at radius 2 is 2.09 bits per heavy atom. The molecule has 0 saturated carbocycles. The lowest BCUT2D eigenvalue weighted by molar-refractivity contribution is 0.0434. The van der Waals surface area contributed by atoms with Gasteiger partial charge in [0.05, 0.1) is 0 Å². The zero-order valence-corrected chi connectivity index (χ0v) is 15.2. The molecule has 4 nitrogen and oxygen atoms in total. The van der Waals surface area contributed by atoms with Gasteiger partial charge in [0.25, 0.3) is 0 Å². The van der Waals surface area contributed by atoms with Crippen LogP contribution in [0.3, 0.4) is 0 Å². The highest BCUT2D eigenvalue weighted by molar-refractivity contribution is 8.03. The van der Waals surface area contributed by atoms with Crippen molar-refractivity contribution in [3.05, 3.63) is 47.2 Å². The third-order valence-corrected chi connectivity index (χ3v) is 4.73. The van der Waals surface area contributed by atoms with Gasteiger partial charge in [0.15, 0.2) is 5.72 Å². The highest BCUT2D eigenvalue weighted by atomic mass is 32.2. The third-order valence-electron chi connectivity index (χ3n) is 3.70. The lowest BCUT2D eigenvalue weighted by atomic mass is 10.1. The van der Waals surface area contributed by atoms with E-state index in [1.54, 1.807) is 11.8 Å². The van der Waals surface area contributed by atoms with E-state index in [0.717, 1.165) is 46.3 Å². The van der Waals surface area contributed by atoms with Gasteiger partial charge in [0.1, 0.15) is 16.5 Å². The fraction of sp³-hybridized carbons (Fsp3) is 0.444. The van der Waals surface area contributed by atoms with Crippen molar-refractivity contribution < 1.29 is 4.74 Å². The molecule has 1 aromatic rings. The average Bonchev–Trinajstić information content (AvgIpc) is 2.64. The summed E-state index contributed by atoms with van der Waals surface area (Å²) in [6.07, 6.45) is 1.92. The Bertz CT molecular complexity index is 639. The first-order valence-corrected chi connectivity index (χ1v) is 8.98. The number of ether oxygens (including phenoxy) is 1. The van der Waals surface area contributed by atoms with Crippen molar-refractivity contribution in [2.75, 3.05) is 11.1 Å². The van der Waals surface area contributed by atoms with Gasteiger partial charge < -0.3 is 10.1 Å². The Labute approximate surface area is 143 Å². The summed E-state index contributed by atoms with van der Waals surface area (Å²) in [5.74, 6) is 1.77. The first-order valence-electron chi connectivity index (χ1n) is 8.00. The minimum absolute atomic E-state index is 0.453. The second kappa shape index (κ2) is 7.68. The van der Waals surface area contributed by atoms with Gasteiger partial charge in [-0.1, -0.05) is 38.6 Å². The molecule has 0 fully saturated rings. The molecule has 5 heteroatoms. The molecule has 1 aliphatic rings.